The van der Waals surface area contributed by atoms with Gasteiger partial charge in [-0.1, -0.05) is 49.6 Å². The number of rotatable bonds is 10. The minimum atomic E-state index is -3.37. The number of nitrogens with one attached hydrogen (secondary N) is 1. The van der Waals surface area contributed by atoms with Gasteiger partial charge >= 0.3 is 0 Å². The molecule has 1 fully saturated rings. The van der Waals surface area contributed by atoms with E-state index in [4.69, 9.17) is 16.3 Å². The van der Waals surface area contributed by atoms with Crippen molar-refractivity contribution in [1.29, 1.82) is 0 Å². The highest BCUT2D eigenvalue weighted by molar-refractivity contribution is 7.92. The number of carbonyl (C=O) groups excluding carboxylic acids is 1. The van der Waals surface area contributed by atoms with Crippen LogP contribution >= 0.6 is 11.6 Å². The summed E-state index contributed by atoms with van der Waals surface area (Å²) in [7, 11) is -3.37. The molecule has 1 unspecified atom stereocenters. The quantitative estimate of drug-likeness (QED) is 0.593. The molecular weight excluding hydrogens is 388 g/mol. The van der Waals surface area contributed by atoms with E-state index in [2.05, 4.69) is 10.2 Å². The number of sulfone groups is 1. The van der Waals surface area contributed by atoms with E-state index in [-0.39, 0.29) is 11.8 Å². The van der Waals surface area contributed by atoms with Gasteiger partial charge in [-0.15, -0.1) is 0 Å². The average molecular weight is 417 g/mol. The van der Waals surface area contributed by atoms with Crippen molar-refractivity contribution >= 4 is 27.3 Å². The third kappa shape index (κ3) is 7.41. The second-order valence-corrected chi connectivity index (χ2v) is 9.38. The molecule has 0 bridgehead atoms. The Morgan fingerprint density at radius 2 is 1.96 bits per heavy atom. The maximum atomic E-state index is 12.2. The van der Waals surface area contributed by atoms with E-state index in [1.165, 1.54) is 0 Å². The highest BCUT2D eigenvalue weighted by Crippen LogP contribution is 2.27. The Hall–Kier alpha value is -1.15. The highest BCUT2D eigenvalue weighted by Gasteiger charge is 2.25. The summed E-state index contributed by atoms with van der Waals surface area (Å²) in [6.07, 6.45) is 2.40. The van der Waals surface area contributed by atoms with Crippen molar-refractivity contribution in [3.63, 3.8) is 0 Å². The topological polar surface area (TPSA) is 75.7 Å². The molecule has 152 valence electrons. The average Bonchev–Trinajstić information content (AvgIpc) is 2.64. The minimum Gasteiger partial charge on any atom is -0.379 e. The molecule has 1 saturated heterocycles. The maximum Gasteiger partial charge on any atom is 0.235 e. The van der Waals surface area contributed by atoms with Gasteiger partial charge in [-0.3, -0.25) is 9.69 Å². The molecule has 0 aliphatic carbocycles. The van der Waals surface area contributed by atoms with E-state index in [1.54, 1.807) is 0 Å². The molecule has 1 aliphatic heterocycles. The summed E-state index contributed by atoms with van der Waals surface area (Å²) in [6, 6.07) is 7.42. The first-order valence-corrected chi connectivity index (χ1v) is 11.7. The lowest BCUT2D eigenvalue weighted by Crippen LogP contribution is -2.44. The van der Waals surface area contributed by atoms with Gasteiger partial charge < -0.3 is 10.1 Å². The van der Waals surface area contributed by atoms with E-state index in [1.807, 2.05) is 31.2 Å². The number of morpholine rings is 1. The Bertz CT molecular complexity index is 705. The summed E-state index contributed by atoms with van der Waals surface area (Å²) in [5.74, 6) is -0.863. The standard InChI is InChI=1S/C19H29ClN2O4S/c1-2-3-6-13-27(24,25)15-19(23)21-14-18(22-9-11-26-12-10-22)16-7-4-5-8-17(16)20/h4-5,7-8,18H,2-3,6,9-15H2,1H3,(H,21,23). The number of hydrogen-bond donors (Lipinski definition) is 1. The zero-order valence-corrected chi connectivity index (χ0v) is 17.4. The predicted octanol–water partition coefficient (Wildman–Crippen LogP) is 2.43. The molecule has 1 amide bonds. The van der Waals surface area contributed by atoms with Crippen LogP contribution in [0.4, 0.5) is 0 Å². The first-order chi connectivity index (χ1) is 12.9. The molecule has 0 spiro atoms. The third-order valence-electron chi connectivity index (χ3n) is 4.65. The Morgan fingerprint density at radius 3 is 2.63 bits per heavy atom. The van der Waals surface area contributed by atoms with Gasteiger partial charge in [0.1, 0.15) is 5.75 Å². The molecule has 2 rings (SSSR count). The van der Waals surface area contributed by atoms with Crippen LogP contribution in [0.3, 0.4) is 0 Å². The fourth-order valence-corrected chi connectivity index (χ4v) is 4.73. The number of hydrogen-bond acceptors (Lipinski definition) is 5. The summed E-state index contributed by atoms with van der Waals surface area (Å²) in [5.41, 5.74) is 0.923. The summed E-state index contributed by atoms with van der Waals surface area (Å²) in [5, 5.41) is 3.43. The first-order valence-electron chi connectivity index (χ1n) is 9.46. The molecule has 1 aromatic carbocycles. The maximum absolute atomic E-state index is 12.2. The van der Waals surface area contributed by atoms with Crippen molar-refractivity contribution in [2.75, 3.05) is 44.4 Å². The molecule has 1 heterocycles. The van der Waals surface area contributed by atoms with E-state index in [0.717, 1.165) is 31.5 Å². The van der Waals surface area contributed by atoms with Crippen LogP contribution in [0.5, 0.6) is 0 Å². The molecule has 0 aromatic heterocycles. The van der Waals surface area contributed by atoms with Gasteiger partial charge in [0.25, 0.3) is 0 Å². The molecule has 8 heteroatoms. The van der Waals surface area contributed by atoms with Crippen molar-refractivity contribution in [3.8, 4) is 0 Å². The second kappa shape index (κ2) is 11.0. The molecule has 1 aromatic rings. The normalized spacial score (nSPS) is 16.8. The number of unbranched alkanes of at least 4 members (excludes halogenated alkanes) is 2. The number of halogens is 1. The van der Waals surface area contributed by atoms with Gasteiger partial charge in [0, 0.05) is 24.7 Å². The molecular formula is C19H29ClN2O4S. The molecule has 1 aliphatic rings. The van der Waals surface area contributed by atoms with Crippen LogP contribution < -0.4 is 5.32 Å². The van der Waals surface area contributed by atoms with Crippen molar-refractivity contribution in [1.82, 2.24) is 10.2 Å². The smallest absolute Gasteiger partial charge is 0.235 e. The largest absolute Gasteiger partial charge is 0.379 e. The van der Waals surface area contributed by atoms with Crippen LogP contribution in [0.2, 0.25) is 5.02 Å². The van der Waals surface area contributed by atoms with Crippen LogP contribution in [0, 0.1) is 0 Å². The Kier molecular flexibility index (Phi) is 9.02. The third-order valence-corrected chi connectivity index (χ3v) is 6.61. The Labute approximate surface area is 167 Å². The zero-order chi connectivity index (χ0) is 19.7. The predicted molar refractivity (Wildman–Crippen MR) is 108 cm³/mol. The number of amides is 1. The Balaban J connectivity index is 1.99. The summed E-state index contributed by atoms with van der Waals surface area (Å²) >= 11 is 6.36. The number of benzene rings is 1. The Morgan fingerprint density at radius 1 is 1.26 bits per heavy atom. The van der Waals surface area contributed by atoms with E-state index in [9.17, 15) is 13.2 Å². The fourth-order valence-electron chi connectivity index (χ4n) is 3.18. The molecule has 1 N–H and O–H groups in total. The summed E-state index contributed by atoms with van der Waals surface area (Å²) in [4.78, 5) is 14.4. The monoisotopic (exact) mass is 416 g/mol. The second-order valence-electron chi connectivity index (χ2n) is 6.79. The SMILES string of the molecule is CCCCCS(=O)(=O)CC(=O)NCC(c1ccccc1Cl)N1CCOCC1. The molecule has 27 heavy (non-hydrogen) atoms. The highest BCUT2D eigenvalue weighted by atomic mass is 35.5. The van der Waals surface area contributed by atoms with Gasteiger partial charge in [0.2, 0.25) is 5.91 Å². The summed E-state index contributed by atoms with van der Waals surface area (Å²) in [6.45, 7) is 5.05. The van der Waals surface area contributed by atoms with Crippen molar-refractivity contribution in [2.24, 2.45) is 0 Å². The van der Waals surface area contributed by atoms with Gasteiger partial charge in [-0.05, 0) is 18.1 Å². The fraction of sp³-hybridized carbons (Fsp3) is 0.632. The van der Waals surface area contributed by atoms with Crippen molar-refractivity contribution < 1.29 is 17.9 Å². The van der Waals surface area contributed by atoms with Crippen LogP contribution in [-0.4, -0.2) is 63.6 Å². The first kappa shape index (κ1) is 22.1. The number of ether oxygens (including phenoxy) is 1. The van der Waals surface area contributed by atoms with E-state index in [0.29, 0.717) is 31.2 Å². The van der Waals surface area contributed by atoms with Gasteiger partial charge in [-0.2, -0.15) is 0 Å². The lowest BCUT2D eigenvalue weighted by atomic mass is 10.0. The van der Waals surface area contributed by atoms with Crippen LogP contribution in [0.1, 0.15) is 37.8 Å². The molecule has 0 saturated carbocycles. The molecule has 1 atom stereocenters. The van der Waals surface area contributed by atoms with Crippen LogP contribution in [0.25, 0.3) is 0 Å². The van der Waals surface area contributed by atoms with E-state index < -0.39 is 21.5 Å². The van der Waals surface area contributed by atoms with Crippen LogP contribution in [-0.2, 0) is 19.4 Å². The number of carbonyl (C=O) groups is 1. The van der Waals surface area contributed by atoms with Gasteiger partial charge in [-0.25, -0.2) is 8.42 Å². The lowest BCUT2D eigenvalue weighted by molar-refractivity contribution is -0.119. The van der Waals surface area contributed by atoms with E-state index >= 15 is 0 Å². The van der Waals surface area contributed by atoms with Crippen molar-refractivity contribution in [2.45, 2.75) is 32.2 Å². The van der Waals surface area contributed by atoms with Gasteiger partial charge in [0.05, 0.1) is 25.0 Å². The van der Waals surface area contributed by atoms with Crippen molar-refractivity contribution in [3.05, 3.63) is 34.9 Å². The zero-order valence-electron chi connectivity index (χ0n) is 15.8. The minimum absolute atomic E-state index is 0.0612. The summed E-state index contributed by atoms with van der Waals surface area (Å²) < 4.78 is 29.6. The van der Waals surface area contributed by atoms with Gasteiger partial charge in [0.15, 0.2) is 9.84 Å². The lowest BCUT2D eigenvalue weighted by Gasteiger charge is -2.35. The number of nitrogens with zero attached hydrogens (tertiary/aromatic N) is 1. The molecule has 0 radical (unpaired) electrons. The molecule has 6 nitrogen and oxygen atoms in total. The van der Waals surface area contributed by atoms with Crippen LogP contribution in [0.15, 0.2) is 24.3 Å².